The number of esters is 1. The third kappa shape index (κ3) is 10.8. The highest BCUT2D eigenvalue weighted by Crippen LogP contribution is 2.43. The monoisotopic (exact) mass is 807 g/mol. The number of hydrogen-bond acceptors (Lipinski definition) is 8. The van der Waals surface area contributed by atoms with E-state index in [4.69, 9.17) is 9.84 Å². The van der Waals surface area contributed by atoms with E-state index in [0.717, 1.165) is 92.2 Å². The highest BCUT2D eigenvalue weighted by atomic mass is 16.5. The van der Waals surface area contributed by atoms with Crippen LogP contribution in [0.5, 0.6) is 0 Å². The summed E-state index contributed by atoms with van der Waals surface area (Å²) < 4.78 is 5.85. The van der Waals surface area contributed by atoms with Crippen LogP contribution in [0.4, 0.5) is 0 Å². The highest BCUT2D eigenvalue weighted by molar-refractivity contribution is 5.87. The summed E-state index contributed by atoms with van der Waals surface area (Å²) in [5, 5.41) is 18.2. The van der Waals surface area contributed by atoms with E-state index in [1.165, 1.54) is 101 Å². The third-order valence-electron chi connectivity index (χ3n) is 15.2. The zero-order valence-electron chi connectivity index (χ0n) is 35.8. The molecule has 8 fully saturated rings. The van der Waals surface area contributed by atoms with Crippen LogP contribution in [0.1, 0.15) is 125 Å². The SMILES string of the molecule is Cc1ccc(/C=C/C(=O)O)cc1.Cc1ccc(/C=C\C(=O)OC2CCN3[C@@H]4C[C@@H](C[C@@H]3C2)N2CCCC[C@@H]2C4)cc1.OC1CCN2[C@@H]3C[C@@H](C[C@@H]2C1)N1CCCC[C@@H]1C3. The molecule has 9 nitrogen and oxygen atoms in total. The lowest BCUT2D eigenvalue weighted by Crippen LogP contribution is -2.65. The van der Waals surface area contributed by atoms with E-state index in [-0.39, 0.29) is 18.2 Å². The molecule has 10 rings (SSSR count). The molecule has 2 N–H and O–H groups in total. The van der Waals surface area contributed by atoms with Crippen LogP contribution in [0, 0.1) is 13.8 Å². The Morgan fingerprint density at radius 2 is 0.949 bits per heavy atom. The second kappa shape index (κ2) is 19.6. The number of piperidine rings is 8. The molecule has 8 aliphatic rings. The summed E-state index contributed by atoms with van der Waals surface area (Å²) in [5.41, 5.74) is 4.34. The molecule has 320 valence electrons. The Bertz CT molecular complexity index is 1760. The molecule has 0 amide bonds. The molecule has 4 bridgehead atoms. The number of carbonyl (C=O) groups excluding carboxylic acids is 1. The van der Waals surface area contributed by atoms with Crippen LogP contribution in [-0.2, 0) is 14.3 Å². The molecule has 2 aromatic rings. The van der Waals surface area contributed by atoms with Gasteiger partial charge in [-0.2, -0.15) is 0 Å². The largest absolute Gasteiger partial charge is 0.478 e. The van der Waals surface area contributed by atoms with Crippen molar-refractivity contribution in [3.05, 3.63) is 82.9 Å². The fourth-order valence-corrected chi connectivity index (χ4v) is 12.4. The first-order valence-electron chi connectivity index (χ1n) is 23.3. The highest BCUT2D eigenvalue weighted by Gasteiger charge is 2.48. The number of aliphatic hydroxyl groups is 1. The minimum Gasteiger partial charge on any atom is -0.478 e. The summed E-state index contributed by atoms with van der Waals surface area (Å²) in [5.74, 6) is -1.12. The van der Waals surface area contributed by atoms with Crippen LogP contribution in [0.25, 0.3) is 12.2 Å². The van der Waals surface area contributed by atoms with Crippen molar-refractivity contribution >= 4 is 24.1 Å². The smallest absolute Gasteiger partial charge is 0.331 e. The Morgan fingerprint density at radius 3 is 1.46 bits per heavy atom. The summed E-state index contributed by atoms with van der Waals surface area (Å²) in [4.78, 5) is 33.7. The van der Waals surface area contributed by atoms with Crippen molar-refractivity contribution in [2.75, 3.05) is 26.2 Å². The van der Waals surface area contributed by atoms with Crippen LogP contribution in [0.15, 0.2) is 60.7 Å². The predicted molar refractivity (Wildman–Crippen MR) is 235 cm³/mol. The fourth-order valence-electron chi connectivity index (χ4n) is 12.4. The molecule has 0 saturated carbocycles. The summed E-state index contributed by atoms with van der Waals surface area (Å²) in [7, 11) is 0. The van der Waals surface area contributed by atoms with Crippen molar-refractivity contribution in [1.29, 1.82) is 0 Å². The van der Waals surface area contributed by atoms with Crippen molar-refractivity contribution < 1.29 is 24.5 Å². The van der Waals surface area contributed by atoms with Crippen LogP contribution < -0.4 is 0 Å². The third-order valence-corrected chi connectivity index (χ3v) is 15.2. The second-order valence-electron chi connectivity index (χ2n) is 19.2. The second-order valence-corrected chi connectivity index (χ2v) is 19.2. The van der Waals surface area contributed by atoms with Gasteiger partial charge in [0.1, 0.15) is 6.10 Å². The fraction of sp³-hybridized carbons (Fsp3) is 0.640. The van der Waals surface area contributed by atoms with Gasteiger partial charge in [-0.25, -0.2) is 9.59 Å². The van der Waals surface area contributed by atoms with Crippen molar-refractivity contribution in [1.82, 2.24) is 19.6 Å². The van der Waals surface area contributed by atoms with Gasteiger partial charge in [-0.1, -0.05) is 72.5 Å². The zero-order valence-corrected chi connectivity index (χ0v) is 35.8. The van der Waals surface area contributed by atoms with Gasteiger partial charge in [0, 0.05) is 80.0 Å². The molecular weight excluding hydrogens is 737 g/mol. The number of nitrogens with zero attached hydrogens (tertiary/aromatic N) is 4. The average Bonchev–Trinajstić information content (AvgIpc) is 3.24. The van der Waals surface area contributed by atoms with Gasteiger partial charge in [0.25, 0.3) is 0 Å². The van der Waals surface area contributed by atoms with Gasteiger partial charge in [0.15, 0.2) is 0 Å². The van der Waals surface area contributed by atoms with Crippen LogP contribution in [-0.4, -0.2) is 128 Å². The number of carbonyl (C=O) groups is 2. The number of ether oxygens (including phenoxy) is 1. The van der Waals surface area contributed by atoms with Gasteiger partial charge in [-0.05, 0) is 134 Å². The number of aliphatic hydroxyl groups excluding tert-OH is 1. The lowest BCUT2D eigenvalue weighted by molar-refractivity contribution is -0.150. The number of rotatable bonds is 5. The van der Waals surface area contributed by atoms with Crippen LogP contribution in [0.3, 0.4) is 0 Å². The minimum atomic E-state index is -0.921. The van der Waals surface area contributed by atoms with E-state index in [2.05, 4.69) is 38.7 Å². The normalized spacial score (nSPS) is 34.5. The Morgan fingerprint density at radius 1 is 0.525 bits per heavy atom. The molecule has 0 aliphatic carbocycles. The molecule has 0 radical (unpaired) electrons. The number of aliphatic carboxylic acids is 1. The molecule has 2 unspecified atom stereocenters. The first-order chi connectivity index (χ1) is 28.6. The number of fused-ring (bicyclic) bond motifs is 12. The van der Waals surface area contributed by atoms with Gasteiger partial charge in [0.05, 0.1) is 6.10 Å². The van der Waals surface area contributed by atoms with Crippen molar-refractivity contribution in [2.45, 2.75) is 177 Å². The van der Waals surface area contributed by atoms with Gasteiger partial charge in [0.2, 0.25) is 0 Å². The zero-order chi connectivity index (χ0) is 40.9. The Kier molecular flexibility index (Phi) is 14.1. The molecule has 9 heteroatoms. The summed E-state index contributed by atoms with van der Waals surface area (Å²) in [6.07, 6.45) is 26.8. The van der Waals surface area contributed by atoms with Gasteiger partial charge < -0.3 is 14.9 Å². The first-order valence-corrected chi connectivity index (χ1v) is 23.3. The standard InChI is InChI=1S/C25H34N2O2.C15H26N2O.C10H10O2/c1-18-5-7-19(8-6-18)9-10-25(28)29-24-11-13-27-21-14-20-4-2-3-12-26(20)22(15-21)16-23(27)17-24;18-15-4-6-17-12-7-11-3-1-2-5-16(11)13(8-12)9-14(17)10-15;1-8-2-4-9(5-3-8)6-7-10(11)12/h5-10,20-24H,2-4,11-17H2,1H3;11-15,18H,1-10H2;2-7H,1H3,(H,11,12)/b10-9-;;7-6+/t20-,21+,22+,23-,24?;11-,12+,13+,14-,15?;/m11./s1. The lowest BCUT2D eigenvalue weighted by Gasteiger charge is -2.58. The van der Waals surface area contributed by atoms with Crippen molar-refractivity contribution in [2.24, 2.45) is 0 Å². The van der Waals surface area contributed by atoms with Crippen LogP contribution >= 0.6 is 0 Å². The topological polar surface area (TPSA) is 96.8 Å². The van der Waals surface area contributed by atoms with E-state index in [1.807, 2.05) is 49.4 Å². The van der Waals surface area contributed by atoms with E-state index >= 15 is 0 Å². The maximum absolute atomic E-state index is 12.4. The molecular formula is C50H70N4O5. The van der Waals surface area contributed by atoms with E-state index in [0.29, 0.717) is 12.1 Å². The van der Waals surface area contributed by atoms with Gasteiger partial charge >= 0.3 is 11.9 Å². The molecule has 59 heavy (non-hydrogen) atoms. The van der Waals surface area contributed by atoms with E-state index < -0.39 is 5.97 Å². The van der Waals surface area contributed by atoms with Crippen LogP contribution in [0.2, 0.25) is 0 Å². The van der Waals surface area contributed by atoms with E-state index in [9.17, 15) is 14.7 Å². The number of carboxylic acids is 1. The predicted octanol–water partition coefficient (Wildman–Crippen LogP) is 7.87. The van der Waals surface area contributed by atoms with E-state index in [1.54, 1.807) is 12.2 Å². The van der Waals surface area contributed by atoms with Crippen molar-refractivity contribution in [3.8, 4) is 0 Å². The number of hydrogen-bond donors (Lipinski definition) is 2. The quantitative estimate of drug-likeness (QED) is 0.231. The lowest BCUT2D eigenvalue weighted by atomic mass is 9.76. The summed E-state index contributed by atoms with van der Waals surface area (Å²) >= 11 is 0. The summed E-state index contributed by atoms with van der Waals surface area (Å²) in [6, 6.07) is 22.0. The first kappa shape index (κ1) is 42.4. The van der Waals surface area contributed by atoms with Gasteiger partial charge in [-0.3, -0.25) is 19.6 Å². The molecule has 8 saturated heterocycles. The number of benzene rings is 2. The Labute approximate surface area is 353 Å². The molecule has 8 aliphatic heterocycles. The molecule has 10 atom stereocenters. The Balaban J connectivity index is 0.000000137. The summed E-state index contributed by atoms with van der Waals surface area (Å²) in [6.45, 7) is 8.95. The molecule has 0 aromatic heterocycles. The maximum Gasteiger partial charge on any atom is 0.331 e. The Hall–Kier alpha value is -3.34. The maximum atomic E-state index is 12.4. The molecule has 8 heterocycles. The van der Waals surface area contributed by atoms with Gasteiger partial charge in [-0.15, -0.1) is 0 Å². The molecule has 0 spiro atoms. The number of aryl methyl sites for hydroxylation is 2. The average molecular weight is 807 g/mol. The molecule has 2 aromatic carbocycles. The minimum absolute atomic E-state index is 0.0257. The number of carboxylic acid groups (broad SMARTS) is 1. The van der Waals surface area contributed by atoms with Crippen molar-refractivity contribution in [3.63, 3.8) is 0 Å².